The zero-order chi connectivity index (χ0) is 17.6. The van der Waals surface area contributed by atoms with Gasteiger partial charge < -0.3 is 10.3 Å². The summed E-state index contributed by atoms with van der Waals surface area (Å²) in [5.74, 6) is 0.313. The van der Waals surface area contributed by atoms with E-state index in [0.717, 1.165) is 51.5 Å². The van der Waals surface area contributed by atoms with E-state index in [-0.39, 0.29) is 0 Å². The first kappa shape index (κ1) is 15.6. The molecule has 1 unspecified atom stereocenters. The molecule has 0 bridgehead atoms. The van der Waals surface area contributed by atoms with E-state index in [1.54, 1.807) is 0 Å². The molecule has 1 aromatic rings. The molecule has 0 fully saturated rings. The summed E-state index contributed by atoms with van der Waals surface area (Å²) in [7, 11) is 1.83. The van der Waals surface area contributed by atoms with Gasteiger partial charge in [0.1, 0.15) is 0 Å². The molecule has 3 aliphatic rings. The fourth-order valence-electron chi connectivity index (χ4n) is 3.50. The number of aryl methyl sites for hydroxylation is 1. The predicted octanol–water partition coefficient (Wildman–Crippen LogP) is 3.31. The Morgan fingerprint density at radius 2 is 1.96 bits per heavy atom. The van der Waals surface area contributed by atoms with E-state index < -0.39 is 0 Å². The van der Waals surface area contributed by atoms with E-state index in [4.69, 9.17) is 10.7 Å². The average Bonchev–Trinajstić information content (AvgIpc) is 2.61. The van der Waals surface area contributed by atoms with Crippen molar-refractivity contribution in [2.45, 2.75) is 20.3 Å². The first-order chi connectivity index (χ1) is 12.1. The molecule has 4 nitrogen and oxygen atoms in total. The highest BCUT2D eigenvalue weighted by molar-refractivity contribution is 5.68. The van der Waals surface area contributed by atoms with Gasteiger partial charge in [-0.1, -0.05) is 25.1 Å². The zero-order valence-electron chi connectivity index (χ0n) is 14.8. The molecule has 0 amide bonds. The van der Waals surface area contributed by atoms with Crippen LogP contribution in [0.5, 0.6) is 0 Å². The molecule has 0 spiro atoms. The van der Waals surface area contributed by atoms with Crippen molar-refractivity contribution in [1.29, 1.82) is 0 Å². The van der Waals surface area contributed by atoms with Crippen LogP contribution in [0.3, 0.4) is 0 Å². The summed E-state index contributed by atoms with van der Waals surface area (Å²) in [6, 6.07) is 14.6. The van der Waals surface area contributed by atoms with Crippen LogP contribution in [-0.2, 0) is 6.42 Å². The smallest absolute Gasteiger partial charge is 0.0878 e. The number of nitrogens with zero attached hydrogens (tertiary/aromatic N) is 3. The lowest BCUT2D eigenvalue weighted by Crippen LogP contribution is -2.23. The summed E-state index contributed by atoms with van der Waals surface area (Å²) >= 11 is 0. The number of allylic oxidation sites excluding steroid dienone is 1. The van der Waals surface area contributed by atoms with Crippen LogP contribution < -0.4 is 11.1 Å². The van der Waals surface area contributed by atoms with Crippen molar-refractivity contribution in [3.63, 3.8) is 0 Å². The number of hydrogen-bond donors (Lipinski definition) is 1. The maximum absolute atomic E-state index is 6.27. The summed E-state index contributed by atoms with van der Waals surface area (Å²) in [6.07, 6.45) is 2.94. The van der Waals surface area contributed by atoms with Crippen LogP contribution in [0.15, 0.2) is 53.2 Å². The van der Waals surface area contributed by atoms with Gasteiger partial charge in [-0.05, 0) is 49.2 Å². The number of aromatic nitrogens is 2. The van der Waals surface area contributed by atoms with E-state index in [1.807, 2.05) is 13.1 Å². The van der Waals surface area contributed by atoms with Crippen LogP contribution in [-0.4, -0.2) is 16.6 Å². The lowest BCUT2D eigenvalue weighted by molar-refractivity contribution is 0.641. The quantitative estimate of drug-likeness (QED) is 0.744. The van der Waals surface area contributed by atoms with E-state index in [9.17, 15) is 0 Å². The van der Waals surface area contributed by atoms with Gasteiger partial charge in [-0.25, -0.2) is 4.98 Å². The van der Waals surface area contributed by atoms with E-state index >= 15 is 0 Å². The highest BCUT2D eigenvalue weighted by atomic mass is 15.0. The third kappa shape index (κ3) is 2.54. The summed E-state index contributed by atoms with van der Waals surface area (Å²) in [6.45, 7) is 4.23. The summed E-state index contributed by atoms with van der Waals surface area (Å²) in [4.78, 5) is 9.37. The highest BCUT2D eigenvalue weighted by Gasteiger charge is 2.24. The number of para-hydroxylation sites is 1. The molecule has 126 valence electrons. The number of fused-ring (bicyclic) bond motifs is 2. The summed E-state index contributed by atoms with van der Waals surface area (Å²) < 4.78 is 2.25. The average molecular weight is 330 g/mol. The molecule has 1 heterocycles. The van der Waals surface area contributed by atoms with Crippen molar-refractivity contribution in [3.05, 3.63) is 70.5 Å². The number of nitrogens with two attached hydrogens (primary N) is 1. The Morgan fingerprint density at radius 1 is 1.20 bits per heavy atom. The molecule has 1 aromatic carbocycles. The minimum absolute atomic E-state index is 0.313. The van der Waals surface area contributed by atoms with Crippen LogP contribution in [0.1, 0.15) is 23.9 Å². The Kier molecular flexibility index (Phi) is 3.68. The van der Waals surface area contributed by atoms with Crippen LogP contribution >= 0.6 is 0 Å². The van der Waals surface area contributed by atoms with Gasteiger partial charge in [-0.2, -0.15) is 0 Å². The molecule has 4 rings (SSSR count). The lowest BCUT2D eigenvalue weighted by Gasteiger charge is -2.27. The lowest BCUT2D eigenvalue weighted by atomic mass is 9.93. The van der Waals surface area contributed by atoms with Crippen LogP contribution in [0.25, 0.3) is 23.2 Å². The normalized spacial score (nSPS) is 17.5. The van der Waals surface area contributed by atoms with Crippen molar-refractivity contribution >= 4 is 6.08 Å². The second kappa shape index (κ2) is 5.88. The van der Waals surface area contributed by atoms with Crippen LogP contribution in [0.4, 0.5) is 0 Å². The molecule has 4 heteroatoms. The van der Waals surface area contributed by atoms with E-state index in [2.05, 4.69) is 65.9 Å². The van der Waals surface area contributed by atoms with E-state index in [0.29, 0.717) is 5.92 Å². The molecule has 1 atom stereocenters. The molecule has 0 aromatic heterocycles. The topological polar surface area (TPSA) is 56.2 Å². The van der Waals surface area contributed by atoms with Crippen molar-refractivity contribution in [3.8, 4) is 17.1 Å². The second-order valence-corrected chi connectivity index (χ2v) is 6.72. The van der Waals surface area contributed by atoms with Crippen molar-refractivity contribution < 1.29 is 0 Å². The summed E-state index contributed by atoms with van der Waals surface area (Å²) in [5.41, 5.74) is 13.6. The first-order valence-corrected chi connectivity index (χ1v) is 8.60. The molecular formula is C21H22N4. The van der Waals surface area contributed by atoms with Crippen LogP contribution in [0, 0.1) is 12.8 Å². The van der Waals surface area contributed by atoms with Gasteiger partial charge in [0.2, 0.25) is 0 Å². The predicted molar refractivity (Wildman–Crippen MR) is 101 cm³/mol. The van der Waals surface area contributed by atoms with E-state index in [1.165, 1.54) is 0 Å². The molecule has 25 heavy (non-hydrogen) atoms. The minimum Gasteiger partial charge on any atom is -0.402 e. The number of rotatable bonds is 1. The van der Waals surface area contributed by atoms with Gasteiger partial charge in [-0.3, -0.25) is 4.99 Å². The van der Waals surface area contributed by atoms with Crippen molar-refractivity contribution in [1.82, 2.24) is 9.55 Å². The largest absolute Gasteiger partial charge is 0.402 e. The fourth-order valence-corrected chi connectivity index (χ4v) is 3.50. The molecule has 2 N–H and O–H groups in total. The van der Waals surface area contributed by atoms with Gasteiger partial charge in [0.25, 0.3) is 0 Å². The van der Waals surface area contributed by atoms with Gasteiger partial charge in [0.15, 0.2) is 0 Å². The molecule has 1 aliphatic heterocycles. The maximum Gasteiger partial charge on any atom is 0.0878 e. The Bertz CT molecular complexity index is 1010. The molecule has 0 saturated carbocycles. The van der Waals surface area contributed by atoms with Gasteiger partial charge in [0.05, 0.1) is 28.1 Å². The first-order valence-electron chi connectivity index (χ1n) is 8.60. The van der Waals surface area contributed by atoms with Gasteiger partial charge in [-0.15, -0.1) is 0 Å². The molecule has 0 radical (unpaired) electrons. The third-order valence-electron chi connectivity index (χ3n) is 4.95. The van der Waals surface area contributed by atoms with Crippen LogP contribution in [0.2, 0.25) is 0 Å². The Labute approximate surface area is 147 Å². The zero-order valence-corrected chi connectivity index (χ0v) is 14.8. The minimum atomic E-state index is 0.313. The molecule has 2 aliphatic carbocycles. The highest BCUT2D eigenvalue weighted by Crippen LogP contribution is 2.32. The SMILES string of the molecule is CN=c1cc2n(-c3ccccc3)c3c(nc-2cc1C)CC(C)C(N)=C3. The number of hydrogen-bond acceptors (Lipinski definition) is 3. The second-order valence-electron chi connectivity index (χ2n) is 6.72. The van der Waals surface area contributed by atoms with Crippen molar-refractivity contribution in [2.24, 2.45) is 16.6 Å². The van der Waals surface area contributed by atoms with Gasteiger partial charge in [0, 0.05) is 24.4 Å². The third-order valence-corrected chi connectivity index (χ3v) is 4.95. The number of benzene rings is 2. The monoisotopic (exact) mass is 330 g/mol. The molecule has 0 saturated heterocycles. The molecular weight excluding hydrogens is 308 g/mol. The Balaban J connectivity index is 2.15. The summed E-state index contributed by atoms with van der Waals surface area (Å²) in [5, 5.41) is 0.986. The maximum atomic E-state index is 6.27. The Morgan fingerprint density at radius 3 is 2.68 bits per heavy atom. The fraction of sp³-hybridized carbons (Fsp3) is 0.238. The van der Waals surface area contributed by atoms with Gasteiger partial charge >= 0.3 is 0 Å². The Hall–Kier alpha value is -2.88. The standard InChI is InChI=1S/C21H22N4/c1-13-9-18-20(11-16(13)22)25(15-7-5-4-6-8-15)21-12-17(23-3)14(2)10-19(21)24-18/h4-8,10-13H,9,22H2,1-3H3. The van der Waals surface area contributed by atoms with Crippen molar-refractivity contribution in [2.75, 3.05) is 7.05 Å².